The summed E-state index contributed by atoms with van der Waals surface area (Å²) in [5, 5.41) is 15.1. The molecule has 12 nitrogen and oxygen atoms in total. The molecule has 248 valence electrons. The Kier molecular flexibility index (Phi) is 9.63. The molecule has 0 unspecified atom stereocenters. The van der Waals surface area contributed by atoms with Crippen LogP contribution in [-0.4, -0.2) is 108 Å². The number of aromatic carboxylic acids is 1. The Morgan fingerprint density at radius 2 is 2.02 bits per heavy atom. The molecule has 2 saturated heterocycles. The first kappa shape index (κ1) is 33.0. The van der Waals surface area contributed by atoms with Gasteiger partial charge in [0.15, 0.2) is 10.8 Å². The molecular weight excluding hydrogens is 663 g/mol. The molecule has 2 amide bonds. The number of rotatable bonds is 8. The summed E-state index contributed by atoms with van der Waals surface area (Å²) in [5.41, 5.74) is 1.86. The van der Waals surface area contributed by atoms with Crippen LogP contribution in [0, 0.1) is 17.7 Å². The average Bonchev–Trinajstić information content (AvgIpc) is 3.72. The predicted octanol–water partition coefficient (Wildman–Crippen LogP) is 3.63. The Balaban J connectivity index is 1.21. The first-order chi connectivity index (χ1) is 23.2. The molecule has 2 fully saturated rings. The Hall–Kier alpha value is -4.97. The van der Waals surface area contributed by atoms with Crippen molar-refractivity contribution < 1.29 is 33.4 Å². The number of hydrogen-bond acceptors (Lipinski definition) is 10. The van der Waals surface area contributed by atoms with E-state index >= 15 is 0 Å². The minimum Gasteiger partial charge on any atom is -0.495 e. The van der Waals surface area contributed by atoms with Crippen molar-refractivity contribution in [1.82, 2.24) is 25.0 Å². The number of aliphatic imine (C=N–C) groups is 1. The highest BCUT2D eigenvalue weighted by Crippen LogP contribution is 2.37. The van der Waals surface area contributed by atoms with Gasteiger partial charge in [-0.3, -0.25) is 9.89 Å². The summed E-state index contributed by atoms with van der Waals surface area (Å²) < 4.78 is 24.5. The van der Waals surface area contributed by atoms with Gasteiger partial charge in [0.05, 0.1) is 43.5 Å². The summed E-state index contributed by atoms with van der Waals surface area (Å²) in [6.07, 6.45) is 1.65. The molecule has 3 aliphatic rings. The van der Waals surface area contributed by atoms with Crippen molar-refractivity contribution in [2.24, 2.45) is 4.99 Å². The molecule has 15 heteroatoms. The maximum atomic E-state index is 14.0. The number of carboxylic acids is 1. The summed E-state index contributed by atoms with van der Waals surface area (Å²) in [6.45, 7) is 2.50. The molecule has 0 radical (unpaired) electrons. The molecule has 4 heterocycles. The lowest BCUT2D eigenvalue weighted by Crippen LogP contribution is -2.53. The summed E-state index contributed by atoms with van der Waals surface area (Å²) >= 11 is 7.85. The number of halogens is 2. The summed E-state index contributed by atoms with van der Waals surface area (Å²) in [6, 6.07) is 7.31. The summed E-state index contributed by atoms with van der Waals surface area (Å²) in [5.74, 6) is 4.63. The SMILES string of the molecule is COC(=O)C1=C(CN2CCN3C(=O)N(CC#Cc4ccc(C(=O)O)cc4OC)C[C@@H]3C2)NC(c2nccs2)=N[C@H]1c1ccc(F)cc1Cl. The highest BCUT2D eigenvalue weighted by molar-refractivity contribution is 7.11. The highest BCUT2D eigenvalue weighted by atomic mass is 35.5. The van der Waals surface area contributed by atoms with Crippen molar-refractivity contribution in [3.05, 3.63) is 91.8 Å². The van der Waals surface area contributed by atoms with Crippen LogP contribution in [0.4, 0.5) is 9.18 Å². The molecule has 1 aromatic heterocycles. The van der Waals surface area contributed by atoms with Crippen molar-refractivity contribution >= 4 is 46.7 Å². The number of fused-ring (bicyclic) bond motifs is 1. The number of nitrogens with zero attached hydrogens (tertiary/aromatic N) is 5. The largest absolute Gasteiger partial charge is 0.495 e. The van der Waals surface area contributed by atoms with Crippen LogP contribution in [0.5, 0.6) is 5.75 Å². The second-order valence-corrected chi connectivity index (χ2v) is 12.5. The lowest BCUT2D eigenvalue weighted by atomic mass is 9.95. The number of aromatic nitrogens is 1. The first-order valence-electron chi connectivity index (χ1n) is 14.9. The van der Waals surface area contributed by atoms with Gasteiger partial charge in [0, 0.05) is 60.6 Å². The molecule has 2 N–H and O–H groups in total. The van der Waals surface area contributed by atoms with Gasteiger partial charge in [-0.1, -0.05) is 29.5 Å². The fourth-order valence-corrected chi connectivity index (χ4v) is 6.83. The standard InChI is InChI=1S/C33H30ClFN6O6S/c1-46-26-14-20(31(42)43)6-5-19(26)4-3-10-40-17-22-16-39(11-12-41(22)33(40)45)18-25-27(32(44)47-2)28(23-8-7-21(35)15-24(23)34)38-29(37-25)30-36-9-13-48-30/h5-9,13-15,22,28H,10-12,16-18H2,1-2H3,(H,37,38)(H,42,43)/t22-,28-/m0/s1. The van der Waals surface area contributed by atoms with Crippen LogP contribution in [0.3, 0.4) is 0 Å². The number of carbonyl (C=O) groups is 3. The number of methoxy groups -OCH3 is 2. The number of urea groups is 1. The molecule has 3 aliphatic heterocycles. The number of nitrogens with one attached hydrogen (secondary N) is 1. The van der Waals surface area contributed by atoms with Crippen molar-refractivity contribution in [2.45, 2.75) is 12.1 Å². The zero-order valence-electron chi connectivity index (χ0n) is 25.9. The lowest BCUT2D eigenvalue weighted by molar-refractivity contribution is -0.136. The van der Waals surface area contributed by atoms with Gasteiger partial charge in [0.1, 0.15) is 17.6 Å². The van der Waals surface area contributed by atoms with Gasteiger partial charge in [-0.15, -0.1) is 11.3 Å². The van der Waals surface area contributed by atoms with Gasteiger partial charge in [0.2, 0.25) is 0 Å². The van der Waals surface area contributed by atoms with E-state index in [-0.39, 0.29) is 34.8 Å². The number of esters is 1. The molecule has 48 heavy (non-hydrogen) atoms. The van der Waals surface area contributed by atoms with E-state index in [0.717, 1.165) is 0 Å². The zero-order valence-corrected chi connectivity index (χ0v) is 27.5. The van der Waals surface area contributed by atoms with E-state index in [1.165, 1.54) is 55.9 Å². The topological polar surface area (TPSA) is 137 Å². The summed E-state index contributed by atoms with van der Waals surface area (Å²) in [7, 11) is 2.73. The molecule has 0 saturated carbocycles. The third-order valence-corrected chi connectivity index (χ3v) is 9.37. The van der Waals surface area contributed by atoms with Gasteiger partial charge in [0.25, 0.3) is 0 Å². The quantitative estimate of drug-likeness (QED) is 0.268. The van der Waals surface area contributed by atoms with Crippen LogP contribution in [0.15, 0.2) is 64.2 Å². The van der Waals surface area contributed by atoms with Crippen molar-refractivity contribution in [3.63, 3.8) is 0 Å². The Labute approximate surface area is 284 Å². The average molecular weight is 693 g/mol. The van der Waals surface area contributed by atoms with E-state index in [0.29, 0.717) is 66.1 Å². The van der Waals surface area contributed by atoms with Gasteiger partial charge in [-0.25, -0.2) is 23.8 Å². The second-order valence-electron chi connectivity index (χ2n) is 11.2. The van der Waals surface area contributed by atoms with Crippen LogP contribution >= 0.6 is 22.9 Å². The van der Waals surface area contributed by atoms with E-state index in [2.05, 4.69) is 27.0 Å². The molecule has 2 aromatic carbocycles. The number of thiazole rings is 1. The predicted molar refractivity (Wildman–Crippen MR) is 176 cm³/mol. The number of carboxylic acid groups (broad SMARTS) is 1. The molecule has 3 aromatic rings. The Morgan fingerprint density at radius 1 is 1.19 bits per heavy atom. The van der Waals surface area contributed by atoms with Crippen molar-refractivity contribution in [1.29, 1.82) is 0 Å². The second kappa shape index (κ2) is 14.0. The number of carbonyl (C=O) groups excluding carboxylic acids is 2. The minimum atomic E-state index is -1.07. The van der Waals surface area contributed by atoms with Crippen molar-refractivity contribution in [2.75, 3.05) is 53.5 Å². The number of ether oxygens (including phenoxy) is 2. The number of benzene rings is 2. The maximum absolute atomic E-state index is 14.0. The molecular formula is C33H30ClFN6O6S. The third-order valence-electron chi connectivity index (χ3n) is 8.26. The Bertz CT molecular complexity index is 1890. The Morgan fingerprint density at radius 3 is 2.73 bits per heavy atom. The van der Waals surface area contributed by atoms with E-state index in [9.17, 15) is 23.9 Å². The van der Waals surface area contributed by atoms with Crippen LogP contribution in [0.25, 0.3) is 0 Å². The number of amides is 2. The smallest absolute Gasteiger partial charge is 0.338 e. The van der Waals surface area contributed by atoms with E-state index < -0.39 is 23.8 Å². The molecule has 6 rings (SSSR count). The van der Waals surface area contributed by atoms with Gasteiger partial charge in [-0.2, -0.15) is 0 Å². The number of hydrogen-bond donors (Lipinski definition) is 2. The van der Waals surface area contributed by atoms with E-state index in [4.69, 9.17) is 26.1 Å². The molecule has 0 bridgehead atoms. The van der Waals surface area contributed by atoms with Crippen LogP contribution in [0.1, 0.15) is 32.5 Å². The number of amidine groups is 1. The summed E-state index contributed by atoms with van der Waals surface area (Å²) in [4.78, 5) is 52.7. The van der Waals surface area contributed by atoms with Crippen molar-refractivity contribution in [3.8, 4) is 17.6 Å². The zero-order chi connectivity index (χ0) is 33.9. The van der Waals surface area contributed by atoms with Gasteiger partial charge >= 0.3 is 18.0 Å². The normalized spacial score (nSPS) is 19.2. The van der Waals surface area contributed by atoms with Crippen LogP contribution < -0.4 is 10.1 Å². The minimum absolute atomic E-state index is 0.0907. The monoisotopic (exact) mass is 692 g/mol. The van der Waals surface area contributed by atoms with Gasteiger partial charge < -0.3 is 29.7 Å². The van der Waals surface area contributed by atoms with Crippen LogP contribution in [0.2, 0.25) is 5.02 Å². The van der Waals surface area contributed by atoms with Crippen LogP contribution in [-0.2, 0) is 9.53 Å². The molecule has 2 atom stereocenters. The highest BCUT2D eigenvalue weighted by Gasteiger charge is 2.41. The number of piperazine rings is 1. The third kappa shape index (κ3) is 6.70. The maximum Gasteiger partial charge on any atom is 0.338 e. The van der Waals surface area contributed by atoms with Gasteiger partial charge in [-0.05, 0) is 30.3 Å². The lowest BCUT2D eigenvalue weighted by Gasteiger charge is -2.38. The fourth-order valence-electron chi connectivity index (χ4n) is 5.97. The molecule has 0 spiro atoms. The molecule has 0 aliphatic carbocycles. The fraction of sp³-hybridized carbons (Fsp3) is 0.303. The van der Waals surface area contributed by atoms with E-state index in [1.54, 1.807) is 17.2 Å². The first-order valence-corrected chi connectivity index (χ1v) is 16.1. The van der Waals surface area contributed by atoms with E-state index in [1.807, 2.05) is 10.3 Å².